The molecule has 1 atom stereocenters. The molecule has 1 N–H and O–H groups in total. The Morgan fingerprint density at radius 1 is 1.04 bits per heavy atom. The summed E-state index contributed by atoms with van der Waals surface area (Å²) in [6.45, 7) is 6.18. The van der Waals surface area contributed by atoms with E-state index >= 15 is 0 Å². The summed E-state index contributed by atoms with van der Waals surface area (Å²) in [5.74, 6) is 0. The maximum absolute atomic E-state index is 12.6. The first-order valence-corrected chi connectivity index (χ1v) is 9.34. The lowest BCUT2D eigenvalue weighted by atomic mass is 10.00. The lowest BCUT2D eigenvalue weighted by Gasteiger charge is -2.26. The number of nitrogens with one attached hydrogen (secondary N) is 1. The van der Waals surface area contributed by atoms with Gasteiger partial charge in [0, 0.05) is 41.5 Å². The van der Waals surface area contributed by atoms with Gasteiger partial charge in [-0.05, 0) is 38.1 Å². The Balaban J connectivity index is 1.99. The lowest BCUT2D eigenvalue weighted by Crippen LogP contribution is -2.22. The van der Waals surface area contributed by atoms with Crippen LogP contribution in [0, 0.1) is 0 Å². The third kappa shape index (κ3) is 2.24. The Kier molecular flexibility index (Phi) is 3.82. The zero-order chi connectivity index (χ0) is 16.7. The van der Waals surface area contributed by atoms with Crippen LogP contribution in [-0.4, -0.2) is 22.6 Å². The molecule has 2 aromatic carbocycles. The van der Waals surface area contributed by atoms with Crippen molar-refractivity contribution < 1.29 is 4.55 Å². The predicted octanol–water partition coefficient (Wildman–Crippen LogP) is 4.20. The van der Waals surface area contributed by atoms with Crippen molar-refractivity contribution in [1.82, 2.24) is 4.98 Å². The molecule has 1 aliphatic rings. The predicted molar refractivity (Wildman–Crippen MR) is 101 cm³/mol. The summed E-state index contributed by atoms with van der Waals surface area (Å²) >= 11 is -1.26. The van der Waals surface area contributed by atoms with E-state index < -0.39 is 11.4 Å². The van der Waals surface area contributed by atoms with E-state index in [0.29, 0.717) is 0 Å². The highest BCUT2D eigenvalue weighted by atomic mass is 32.2. The highest BCUT2D eigenvalue weighted by molar-refractivity contribution is 7.93. The van der Waals surface area contributed by atoms with Gasteiger partial charge < -0.3 is 9.45 Å². The third-order valence-corrected chi connectivity index (χ3v) is 5.71. The Labute approximate surface area is 144 Å². The van der Waals surface area contributed by atoms with Crippen molar-refractivity contribution in [2.45, 2.75) is 18.7 Å². The summed E-state index contributed by atoms with van der Waals surface area (Å²) < 4.78 is 15.7. The Morgan fingerprint density at radius 3 is 2.62 bits per heavy atom. The summed E-state index contributed by atoms with van der Waals surface area (Å²) in [6.07, 6.45) is 1.83. The molecule has 0 saturated carbocycles. The van der Waals surface area contributed by atoms with Gasteiger partial charge in [-0.15, -0.1) is 0 Å². The van der Waals surface area contributed by atoms with Crippen molar-refractivity contribution in [3.8, 4) is 11.1 Å². The van der Waals surface area contributed by atoms with Gasteiger partial charge in [-0.25, -0.2) is 4.72 Å². The van der Waals surface area contributed by atoms with Gasteiger partial charge in [0.15, 0.2) is 4.90 Å². The fourth-order valence-corrected chi connectivity index (χ4v) is 4.45. The molecular weight excluding hydrogens is 318 g/mol. The second-order valence-electron chi connectivity index (χ2n) is 5.75. The van der Waals surface area contributed by atoms with Crippen molar-refractivity contribution in [2.24, 2.45) is 0 Å². The highest BCUT2D eigenvalue weighted by Crippen LogP contribution is 2.43. The first-order valence-electron chi connectivity index (χ1n) is 8.19. The number of nitrogens with zero attached hydrogens (tertiary/aromatic N) is 2. The number of benzene rings is 2. The molecule has 0 aliphatic carbocycles. The molecule has 1 aromatic heterocycles. The molecule has 122 valence electrons. The molecule has 3 aromatic rings. The fraction of sp³-hybridized carbons (Fsp3) is 0.211. The molecule has 1 aliphatic heterocycles. The van der Waals surface area contributed by atoms with Crippen LogP contribution in [0.1, 0.15) is 13.8 Å². The molecular formula is C19H19N3OS. The van der Waals surface area contributed by atoms with Crippen molar-refractivity contribution in [3.05, 3.63) is 48.7 Å². The highest BCUT2D eigenvalue weighted by Gasteiger charge is 2.28. The maximum atomic E-state index is 12.6. The molecule has 0 spiro atoms. The second kappa shape index (κ2) is 6.00. The van der Waals surface area contributed by atoms with E-state index in [9.17, 15) is 4.55 Å². The van der Waals surface area contributed by atoms with E-state index in [0.717, 1.165) is 45.7 Å². The summed E-state index contributed by atoms with van der Waals surface area (Å²) in [4.78, 5) is 7.72. The number of fused-ring (bicyclic) bond motifs is 5. The van der Waals surface area contributed by atoms with Gasteiger partial charge >= 0.3 is 0 Å². The number of hydrogen-bond donors (Lipinski definition) is 1. The Hall–Kier alpha value is -2.24. The van der Waals surface area contributed by atoms with Crippen LogP contribution < -0.4 is 9.62 Å². The largest absolute Gasteiger partial charge is 0.588 e. The van der Waals surface area contributed by atoms with Gasteiger partial charge in [0.2, 0.25) is 0 Å². The summed E-state index contributed by atoms with van der Waals surface area (Å²) in [6, 6.07) is 14.1. The molecule has 0 radical (unpaired) electrons. The molecule has 2 heterocycles. The van der Waals surface area contributed by atoms with Gasteiger partial charge in [-0.3, -0.25) is 4.98 Å². The number of aromatic nitrogens is 1. The van der Waals surface area contributed by atoms with Crippen molar-refractivity contribution in [2.75, 3.05) is 22.7 Å². The third-order valence-electron chi connectivity index (χ3n) is 4.57. The summed E-state index contributed by atoms with van der Waals surface area (Å²) in [5.41, 5.74) is 4.97. The van der Waals surface area contributed by atoms with Crippen LogP contribution >= 0.6 is 0 Å². The monoisotopic (exact) mass is 337 g/mol. The van der Waals surface area contributed by atoms with Crippen LogP contribution in [0.5, 0.6) is 0 Å². The molecule has 4 rings (SSSR count). The average Bonchev–Trinajstić information content (AvgIpc) is 2.63. The SMILES string of the molecule is CCN(CC)c1ccnc2c3c(ccc12)-c1ccccc1[S+]([O-])N3. The van der Waals surface area contributed by atoms with Crippen LogP contribution in [0.15, 0.2) is 53.6 Å². The minimum absolute atomic E-state index is 0.823. The molecule has 0 fully saturated rings. The number of pyridine rings is 1. The van der Waals surface area contributed by atoms with Crippen LogP contribution in [0.4, 0.5) is 11.4 Å². The summed E-state index contributed by atoms with van der Waals surface area (Å²) in [7, 11) is 0. The normalized spacial score (nSPS) is 15.5. The van der Waals surface area contributed by atoms with E-state index in [1.54, 1.807) is 0 Å². The van der Waals surface area contributed by atoms with Gasteiger partial charge in [0.25, 0.3) is 0 Å². The Bertz CT molecular complexity index is 908. The second-order valence-corrected chi connectivity index (χ2v) is 6.94. The number of rotatable bonds is 3. The van der Waals surface area contributed by atoms with Crippen molar-refractivity contribution in [1.29, 1.82) is 0 Å². The van der Waals surface area contributed by atoms with Crippen molar-refractivity contribution >= 4 is 33.6 Å². The van der Waals surface area contributed by atoms with E-state index in [1.165, 1.54) is 5.69 Å². The molecule has 1 unspecified atom stereocenters. The molecule has 0 bridgehead atoms. The standard InChI is InChI=1S/C19H19N3OS/c1-3-22(4-2)16-11-12-20-18-15(16)10-9-14-13-7-5-6-8-17(13)24(23)21-19(14)18/h5-12,21H,3-4H2,1-2H3. The van der Waals surface area contributed by atoms with Crippen LogP contribution in [0.2, 0.25) is 0 Å². The number of hydrogen-bond acceptors (Lipinski definition) is 4. The van der Waals surface area contributed by atoms with Gasteiger partial charge in [-0.2, -0.15) is 0 Å². The Morgan fingerprint density at radius 2 is 1.83 bits per heavy atom. The van der Waals surface area contributed by atoms with Gasteiger partial charge in [-0.1, -0.05) is 18.2 Å². The van der Waals surface area contributed by atoms with E-state index in [2.05, 4.69) is 46.7 Å². The van der Waals surface area contributed by atoms with Crippen LogP contribution in [0.3, 0.4) is 0 Å². The smallest absolute Gasteiger partial charge is 0.187 e. The van der Waals surface area contributed by atoms with E-state index in [-0.39, 0.29) is 0 Å². The fourth-order valence-electron chi connectivity index (χ4n) is 3.37. The zero-order valence-corrected chi connectivity index (χ0v) is 14.6. The lowest BCUT2D eigenvalue weighted by molar-refractivity contribution is 0.600. The molecule has 0 amide bonds. The average molecular weight is 337 g/mol. The molecule has 5 heteroatoms. The minimum Gasteiger partial charge on any atom is -0.588 e. The van der Waals surface area contributed by atoms with Gasteiger partial charge in [0.05, 0.1) is 0 Å². The van der Waals surface area contributed by atoms with Crippen molar-refractivity contribution in [3.63, 3.8) is 0 Å². The molecule has 4 nitrogen and oxygen atoms in total. The van der Waals surface area contributed by atoms with Crippen LogP contribution in [-0.2, 0) is 11.4 Å². The molecule has 0 saturated heterocycles. The topological polar surface area (TPSA) is 51.2 Å². The first kappa shape index (κ1) is 15.3. The maximum Gasteiger partial charge on any atom is 0.187 e. The van der Waals surface area contributed by atoms with Gasteiger partial charge in [0.1, 0.15) is 22.6 Å². The van der Waals surface area contributed by atoms with E-state index in [4.69, 9.17) is 0 Å². The first-order chi connectivity index (χ1) is 11.7. The van der Waals surface area contributed by atoms with E-state index in [1.807, 2.05) is 30.5 Å². The summed E-state index contributed by atoms with van der Waals surface area (Å²) in [5, 5.41) is 1.09. The minimum atomic E-state index is -1.26. The zero-order valence-electron chi connectivity index (χ0n) is 13.7. The quantitative estimate of drug-likeness (QED) is 0.728. The molecule has 24 heavy (non-hydrogen) atoms. The van der Waals surface area contributed by atoms with Crippen LogP contribution in [0.25, 0.3) is 22.0 Å². The number of anilines is 2.